The maximum absolute atomic E-state index is 6.09. The number of rotatable bonds is 6. The molecule has 6 heteroatoms. The third-order valence-electron chi connectivity index (χ3n) is 2.83. The molecule has 0 amide bonds. The van der Waals surface area contributed by atoms with E-state index in [0.717, 1.165) is 12.4 Å². The maximum atomic E-state index is 6.09. The van der Waals surface area contributed by atoms with Crippen LogP contribution in [0.4, 0.5) is 5.82 Å². The summed E-state index contributed by atoms with van der Waals surface area (Å²) in [6.45, 7) is 5.45. The molecule has 4 nitrogen and oxygen atoms in total. The fourth-order valence-electron chi connectivity index (χ4n) is 1.89. The third kappa shape index (κ3) is 3.91. The van der Waals surface area contributed by atoms with Crippen molar-refractivity contribution in [1.82, 2.24) is 9.97 Å². The lowest BCUT2D eigenvalue weighted by Crippen LogP contribution is -2.31. The standard InChI is InChI=1S/C14H18ClN3OS/c1-10(2)18(8-11-5-4-6-20-11)14-7-12(15)16-13(17-14)9-19-3/h4-7,10H,8-9H2,1-3H3. The van der Waals surface area contributed by atoms with Gasteiger partial charge in [-0.25, -0.2) is 9.97 Å². The predicted molar refractivity (Wildman–Crippen MR) is 83.4 cm³/mol. The molecule has 0 fully saturated rings. The van der Waals surface area contributed by atoms with Crippen molar-refractivity contribution in [3.8, 4) is 0 Å². The molecule has 0 aliphatic carbocycles. The quantitative estimate of drug-likeness (QED) is 0.762. The number of anilines is 1. The molecule has 0 atom stereocenters. The van der Waals surface area contributed by atoms with E-state index >= 15 is 0 Å². The minimum absolute atomic E-state index is 0.318. The highest BCUT2D eigenvalue weighted by Crippen LogP contribution is 2.22. The van der Waals surface area contributed by atoms with Crippen LogP contribution < -0.4 is 4.90 Å². The Morgan fingerprint density at radius 3 is 2.80 bits per heavy atom. The van der Waals surface area contributed by atoms with Crippen molar-refractivity contribution >= 4 is 28.8 Å². The molecule has 20 heavy (non-hydrogen) atoms. The van der Waals surface area contributed by atoms with Crippen LogP contribution in [0.2, 0.25) is 5.15 Å². The highest BCUT2D eigenvalue weighted by atomic mass is 35.5. The van der Waals surface area contributed by atoms with Crippen LogP contribution in [-0.4, -0.2) is 23.1 Å². The molecule has 0 aliphatic heterocycles. The highest BCUT2D eigenvalue weighted by Gasteiger charge is 2.15. The molecule has 2 aromatic heterocycles. The molecule has 2 aromatic rings. The Labute approximate surface area is 128 Å². The molecule has 0 aliphatic rings. The van der Waals surface area contributed by atoms with E-state index in [-0.39, 0.29) is 0 Å². The van der Waals surface area contributed by atoms with Crippen LogP contribution in [0.1, 0.15) is 24.5 Å². The molecule has 2 heterocycles. The number of halogens is 1. The monoisotopic (exact) mass is 311 g/mol. The Morgan fingerprint density at radius 1 is 1.40 bits per heavy atom. The molecule has 0 bridgehead atoms. The van der Waals surface area contributed by atoms with Crippen molar-refractivity contribution in [2.45, 2.75) is 33.0 Å². The van der Waals surface area contributed by atoms with E-state index < -0.39 is 0 Å². The molecule has 0 unspecified atom stereocenters. The summed E-state index contributed by atoms with van der Waals surface area (Å²) in [5.41, 5.74) is 0. The average Bonchev–Trinajstić information content (AvgIpc) is 2.88. The van der Waals surface area contributed by atoms with Gasteiger partial charge in [0.25, 0.3) is 0 Å². The third-order valence-corrected chi connectivity index (χ3v) is 3.88. The summed E-state index contributed by atoms with van der Waals surface area (Å²) >= 11 is 7.82. The van der Waals surface area contributed by atoms with Crippen molar-refractivity contribution < 1.29 is 4.74 Å². The number of methoxy groups -OCH3 is 1. The Morgan fingerprint density at radius 2 is 2.20 bits per heavy atom. The molecular formula is C14H18ClN3OS. The van der Waals surface area contributed by atoms with E-state index in [1.807, 2.05) is 0 Å². The van der Waals surface area contributed by atoms with Crippen molar-refractivity contribution in [2.75, 3.05) is 12.0 Å². The SMILES string of the molecule is COCc1nc(Cl)cc(N(Cc2cccs2)C(C)C)n1. The summed E-state index contributed by atoms with van der Waals surface area (Å²) in [4.78, 5) is 12.2. The molecular weight excluding hydrogens is 294 g/mol. The van der Waals surface area contributed by atoms with Crippen LogP contribution in [0.5, 0.6) is 0 Å². The largest absolute Gasteiger partial charge is 0.377 e. The van der Waals surface area contributed by atoms with Gasteiger partial charge >= 0.3 is 0 Å². The Bertz CT molecular complexity index is 545. The maximum Gasteiger partial charge on any atom is 0.158 e. The van der Waals surface area contributed by atoms with Gasteiger partial charge in [0.2, 0.25) is 0 Å². The summed E-state index contributed by atoms with van der Waals surface area (Å²) in [6, 6.07) is 6.30. The number of nitrogens with zero attached hydrogens (tertiary/aromatic N) is 3. The van der Waals surface area contributed by atoms with Gasteiger partial charge in [0.15, 0.2) is 5.82 Å². The summed E-state index contributed by atoms with van der Waals surface area (Å²) in [7, 11) is 1.62. The molecule has 2 rings (SSSR count). The lowest BCUT2D eigenvalue weighted by Gasteiger charge is -2.27. The second kappa shape index (κ2) is 7.02. The zero-order valence-electron chi connectivity index (χ0n) is 11.8. The first-order valence-corrected chi connectivity index (χ1v) is 7.67. The highest BCUT2D eigenvalue weighted by molar-refractivity contribution is 7.09. The van der Waals surface area contributed by atoms with Gasteiger partial charge in [-0.15, -0.1) is 11.3 Å². The first kappa shape index (κ1) is 15.2. The van der Waals surface area contributed by atoms with Gasteiger partial charge < -0.3 is 9.64 Å². The van der Waals surface area contributed by atoms with Crippen LogP contribution in [0.3, 0.4) is 0 Å². The number of ether oxygens (including phenoxy) is 1. The molecule has 0 saturated carbocycles. The summed E-state index contributed by atoms with van der Waals surface area (Å²) in [6.07, 6.45) is 0. The van der Waals surface area contributed by atoms with Crippen LogP contribution in [0.15, 0.2) is 23.6 Å². The van der Waals surface area contributed by atoms with Gasteiger partial charge in [-0.05, 0) is 25.3 Å². The summed E-state index contributed by atoms with van der Waals surface area (Å²) in [5.74, 6) is 1.44. The molecule has 0 aromatic carbocycles. The van der Waals surface area contributed by atoms with Gasteiger partial charge in [0, 0.05) is 24.1 Å². The Kier molecular flexibility index (Phi) is 5.34. The van der Waals surface area contributed by atoms with Gasteiger partial charge in [0.1, 0.15) is 17.6 Å². The lowest BCUT2D eigenvalue weighted by atomic mass is 10.3. The lowest BCUT2D eigenvalue weighted by molar-refractivity contribution is 0.178. The molecule has 0 radical (unpaired) electrons. The van der Waals surface area contributed by atoms with Crippen LogP contribution in [-0.2, 0) is 17.9 Å². The molecule has 108 valence electrons. The van der Waals surface area contributed by atoms with Crippen LogP contribution in [0, 0.1) is 0 Å². The number of hydrogen-bond donors (Lipinski definition) is 0. The fraction of sp³-hybridized carbons (Fsp3) is 0.429. The molecule has 0 N–H and O–H groups in total. The number of thiophene rings is 1. The van der Waals surface area contributed by atoms with Gasteiger partial charge in [-0.2, -0.15) is 0 Å². The second-order valence-electron chi connectivity index (χ2n) is 4.70. The van der Waals surface area contributed by atoms with Crippen LogP contribution >= 0.6 is 22.9 Å². The Balaban J connectivity index is 2.28. The first-order valence-electron chi connectivity index (χ1n) is 6.41. The topological polar surface area (TPSA) is 38.2 Å². The second-order valence-corrected chi connectivity index (χ2v) is 6.12. The van der Waals surface area contributed by atoms with E-state index in [9.17, 15) is 0 Å². The zero-order chi connectivity index (χ0) is 14.5. The Hall–Kier alpha value is -1.17. The minimum Gasteiger partial charge on any atom is -0.377 e. The smallest absolute Gasteiger partial charge is 0.158 e. The average molecular weight is 312 g/mol. The normalized spacial score (nSPS) is 11.1. The van der Waals surface area contributed by atoms with Crippen LogP contribution in [0.25, 0.3) is 0 Å². The van der Waals surface area contributed by atoms with E-state index in [2.05, 4.69) is 46.2 Å². The molecule has 0 saturated heterocycles. The predicted octanol–water partition coefficient (Wildman–Crippen LogP) is 3.75. The van der Waals surface area contributed by atoms with Gasteiger partial charge in [-0.3, -0.25) is 0 Å². The van der Waals surface area contributed by atoms with Crippen molar-refractivity contribution in [1.29, 1.82) is 0 Å². The van der Waals surface area contributed by atoms with Crippen molar-refractivity contribution in [2.24, 2.45) is 0 Å². The minimum atomic E-state index is 0.318. The van der Waals surface area contributed by atoms with Gasteiger partial charge in [-0.1, -0.05) is 17.7 Å². The van der Waals surface area contributed by atoms with Gasteiger partial charge in [0.05, 0.1) is 6.54 Å². The van der Waals surface area contributed by atoms with Crippen molar-refractivity contribution in [3.63, 3.8) is 0 Å². The summed E-state index contributed by atoms with van der Waals surface area (Å²) in [5, 5.41) is 2.52. The van der Waals surface area contributed by atoms with E-state index in [1.54, 1.807) is 24.5 Å². The number of aromatic nitrogens is 2. The van der Waals surface area contributed by atoms with Crippen molar-refractivity contribution in [3.05, 3.63) is 39.4 Å². The number of hydrogen-bond acceptors (Lipinski definition) is 5. The first-order chi connectivity index (χ1) is 9.60. The van der Waals surface area contributed by atoms with E-state index in [1.165, 1.54) is 4.88 Å². The zero-order valence-corrected chi connectivity index (χ0v) is 13.4. The fourth-order valence-corrected chi connectivity index (χ4v) is 2.79. The molecule has 0 spiro atoms. The van der Waals surface area contributed by atoms with E-state index in [0.29, 0.717) is 23.6 Å². The summed E-state index contributed by atoms with van der Waals surface area (Å²) < 4.78 is 5.08. The van der Waals surface area contributed by atoms with E-state index in [4.69, 9.17) is 16.3 Å².